The largest absolute Gasteiger partial charge is 0.497 e. The van der Waals surface area contributed by atoms with Crippen LogP contribution in [0.15, 0.2) is 83.1 Å². The molecule has 0 saturated carbocycles. The van der Waals surface area contributed by atoms with Gasteiger partial charge in [-0.15, -0.1) is 10.2 Å². The van der Waals surface area contributed by atoms with Crippen LogP contribution in [0, 0.1) is 0 Å². The number of methoxy groups -OCH3 is 1. The highest BCUT2D eigenvalue weighted by atomic mass is 32.2. The number of hydrazone groups is 1. The second kappa shape index (κ2) is 12.8. The van der Waals surface area contributed by atoms with Gasteiger partial charge in [-0.05, 0) is 72.0 Å². The summed E-state index contributed by atoms with van der Waals surface area (Å²) < 4.78 is 12.3. The van der Waals surface area contributed by atoms with E-state index < -0.39 is 0 Å². The van der Waals surface area contributed by atoms with E-state index >= 15 is 0 Å². The minimum absolute atomic E-state index is 0.0325. The molecule has 0 aliphatic carbocycles. The smallest absolute Gasteiger partial charge is 0.308 e. The molecule has 0 radical (unpaired) electrons. The van der Waals surface area contributed by atoms with Crippen LogP contribution in [0.1, 0.15) is 45.7 Å². The lowest BCUT2D eigenvalue weighted by atomic mass is 9.87. The summed E-state index contributed by atoms with van der Waals surface area (Å²) in [6.45, 7) is 9.65. The van der Waals surface area contributed by atoms with Gasteiger partial charge in [0.1, 0.15) is 11.5 Å². The molecule has 9 nitrogen and oxygen atoms in total. The lowest BCUT2D eigenvalue weighted by Gasteiger charge is -2.19. The number of aromatic nitrogens is 3. The summed E-state index contributed by atoms with van der Waals surface area (Å²) in [5.74, 6) is 1.26. The Labute approximate surface area is 244 Å². The molecule has 0 bridgehead atoms. The number of ether oxygens (including phenoxy) is 2. The number of hydrogen-bond acceptors (Lipinski definition) is 8. The van der Waals surface area contributed by atoms with Gasteiger partial charge in [-0.3, -0.25) is 14.2 Å². The SMILES string of the molecule is COc1ccc(-n2c(SCC(=O)N/N=C(\C)c3ccc(OC(C)=O)cc3)nnc2-c2ccc(C(C)(C)C)cc2)cc1. The van der Waals surface area contributed by atoms with Gasteiger partial charge in [0, 0.05) is 18.2 Å². The molecule has 4 aromatic rings. The third-order valence-corrected chi connectivity index (χ3v) is 7.12. The Hall–Kier alpha value is -4.44. The standard InChI is InChI=1S/C31H33N5O4S/c1-20(22-9-15-27(16-10-22)40-21(2)37)32-33-28(38)19-41-30-35-34-29(23-7-11-24(12-8-23)31(3,4)5)36(30)25-13-17-26(39-6)18-14-25/h7-18H,19H2,1-6H3,(H,33,38)/b32-20+. The maximum Gasteiger partial charge on any atom is 0.308 e. The molecule has 1 heterocycles. The fourth-order valence-corrected chi connectivity index (χ4v) is 4.68. The number of nitrogens with zero attached hydrogens (tertiary/aromatic N) is 4. The molecular formula is C31H33N5O4S. The van der Waals surface area contributed by atoms with Crippen molar-refractivity contribution in [2.24, 2.45) is 5.10 Å². The molecule has 0 saturated heterocycles. The number of carbonyl (C=O) groups is 2. The number of amides is 1. The molecule has 0 fully saturated rings. The van der Waals surface area contributed by atoms with E-state index in [1.807, 2.05) is 41.0 Å². The van der Waals surface area contributed by atoms with Gasteiger partial charge in [-0.2, -0.15) is 5.10 Å². The molecule has 3 aromatic carbocycles. The fraction of sp³-hybridized carbons (Fsp3) is 0.258. The van der Waals surface area contributed by atoms with Crippen molar-refractivity contribution in [1.29, 1.82) is 0 Å². The molecule has 1 amide bonds. The molecule has 41 heavy (non-hydrogen) atoms. The van der Waals surface area contributed by atoms with Crippen molar-refractivity contribution in [1.82, 2.24) is 20.2 Å². The molecule has 0 atom stereocenters. The van der Waals surface area contributed by atoms with Crippen LogP contribution in [-0.2, 0) is 15.0 Å². The van der Waals surface area contributed by atoms with Crippen LogP contribution < -0.4 is 14.9 Å². The van der Waals surface area contributed by atoms with Crippen LogP contribution >= 0.6 is 11.8 Å². The maximum atomic E-state index is 12.7. The van der Waals surface area contributed by atoms with Crippen molar-refractivity contribution in [3.63, 3.8) is 0 Å². The van der Waals surface area contributed by atoms with Gasteiger partial charge in [0.15, 0.2) is 11.0 Å². The Balaban J connectivity index is 1.51. The highest BCUT2D eigenvalue weighted by Crippen LogP contribution is 2.30. The van der Waals surface area contributed by atoms with Gasteiger partial charge in [0.2, 0.25) is 0 Å². The number of esters is 1. The van der Waals surface area contributed by atoms with E-state index in [2.05, 4.69) is 53.6 Å². The Kier molecular flexibility index (Phi) is 9.24. The summed E-state index contributed by atoms with van der Waals surface area (Å²) in [5.41, 5.74) is 7.01. The van der Waals surface area contributed by atoms with Gasteiger partial charge in [0.25, 0.3) is 5.91 Å². The zero-order chi connectivity index (χ0) is 29.6. The first-order valence-electron chi connectivity index (χ1n) is 13.0. The molecule has 1 aromatic heterocycles. The third-order valence-electron chi connectivity index (χ3n) is 6.19. The van der Waals surface area contributed by atoms with Crippen molar-refractivity contribution in [2.75, 3.05) is 12.9 Å². The third kappa shape index (κ3) is 7.61. The van der Waals surface area contributed by atoms with E-state index in [0.717, 1.165) is 22.6 Å². The quantitative estimate of drug-likeness (QED) is 0.0890. The summed E-state index contributed by atoms with van der Waals surface area (Å²) in [4.78, 5) is 23.8. The molecule has 10 heteroatoms. The maximum absolute atomic E-state index is 12.7. The first-order valence-corrected chi connectivity index (χ1v) is 14.0. The number of nitrogens with one attached hydrogen (secondary N) is 1. The van der Waals surface area contributed by atoms with E-state index in [9.17, 15) is 9.59 Å². The fourth-order valence-electron chi connectivity index (χ4n) is 3.94. The number of rotatable bonds is 9. The van der Waals surface area contributed by atoms with Crippen LogP contribution in [0.4, 0.5) is 0 Å². The van der Waals surface area contributed by atoms with Crippen molar-refractivity contribution in [2.45, 2.75) is 45.2 Å². The Morgan fingerprint density at radius 2 is 1.54 bits per heavy atom. The van der Waals surface area contributed by atoms with Crippen LogP contribution in [0.3, 0.4) is 0 Å². The topological polar surface area (TPSA) is 108 Å². The second-order valence-corrected chi connectivity index (χ2v) is 11.2. The lowest BCUT2D eigenvalue weighted by molar-refractivity contribution is -0.131. The molecular weight excluding hydrogens is 538 g/mol. The number of benzene rings is 3. The van der Waals surface area contributed by atoms with E-state index in [4.69, 9.17) is 9.47 Å². The van der Waals surface area contributed by atoms with Crippen LogP contribution in [0.5, 0.6) is 11.5 Å². The summed E-state index contributed by atoms with van der Waals surface area (Å²) in [6, 6.07) is 22.8. The van der Waals surface area contributed by atoms with Gasteiger partial charge in [-0.25, -0.2) is 5.43 Å². The average Bonchev–Trinajstić information content (AvgIpc) is 3.38. The highest BCUT2D eigenvalue weighted by Gasteiger charge is 2.19. The van der Waals surface area contributed by atoms with Crippen molar-refractivity contribution in [3.8, 4) is 28.6 Å². The summed E-state index contributed by atoms with van der Waals surface area (Å²) >= 11 is 1.27. The predicted octanol–water partition coefficient (Wildman–Crippen LogP) is 5.80. The van der Waals surface area contributed by atoms with E-state index in [0.29, 0.717) is 22.4 Å². The van der Waals surface area contributed by atoms with E-state index in [1.54, 1.807) is 38.3 Å². The van der Waals surface area contributed by atoms with Crippen molar-refractivity contribution < 1.29 is 19.1 Å². The Bertz CT molecular complexity index is 1540. The second-order valence-electron chi connectivity index (χ2n) is 10.3. The predicted molar refractivity (Wildman–Crippen MR) is 161 cm³/mol. The molecule has 0 aliphatic heterocycles. The Morgan fingerprint density at radius 3 is 2.12 bits per heavy atom. The zero-order valence-electron chi connectivity index (χ0n) is 24.0. The Morgan fingerprint density at radius 1 is 0.902 bits per heavy atom. The molecule has 4 rings (SSSR count). The van der Waals surface area contributed by atoms with Crippen molar-refractivity contribution in [3.05, 3.63) is 83.9 Å². The molecule has 0 aliphatic rings. The minimum atomic E-state index is -0.388. The summed E-state index contributed by atoms with van der Waals surface area (Å²) in [6.07, 6.45) is 0. The van der Waals surface area contributed by atoms with Crippen LogP contribution in [0.25, 0.3) is 17.1 Å². The lowest BCUT2D eigenvalue weighted by Crippen LogP contribution is -2.21. The van der Waals surface area contributed by atoms with E-state index in [1.165, 1.54) is 24.2 Å². The van der Waals surface area contributed by atoms with Gasteiger partial charge in [-0.1, -0.05) is 56.8 Å². The highest BCUT2D eigenvalue weighted by molar-refractivity contribution is 7.99. The van der Waals surface area contributed by atoms with Gasteiger partial charge >= 0.3 is 5.97 Å². The van der Waals surface area contributed by atoms with Gasteiger partial charge in [0.05, 0.1) is 18.6 Å². The van der Waals surface area contributed by atoms with Crippen LogP contribution in [-0.4, -0.2) is 45.2 Å². The normalized spacial score (nSPS) is 11.7. The van der Waals surface area contributed by atoms with Crippen molar-refractivity contribution >= 4 is 29.4 Å². The number of hydrogen-bond donors (Lipinski definition) is 1. The summed E-state index contributed by atoms with van der Waals surface area (Å²) in [5, 5.41) is 13.7. The first-order chi connectivity index (χ1) is 19.5. The molecule has 212 valence electrons. The van der Waals surface area contributed by atoms with Gasteiger partial charge < -0.3 is 9.47 Å². The molecule has 1 N–H and O–H groups in total. The monoisotopic (exact) mass is 571 g/mol. The van der Waals surface area contributed by atoms with Crippen LogP contribution in [0.2, 0.25) is 0 Å². The van der Waals surface area contributed by atoms with E-state index in [-0.39, 0.29) is 23.0 Å². The molecule has 0 spiro atoms. The molecule has 0 unspecified atom stereocenters. The number of carbonyl (C=O) groups excluding carboxylic acids is 2. The summed E-state index contributed by atoms with van der Waals surface area (Å²) in [7, 11) is 1.62. The number of thioether (sulfide) groups is 1. The first kappa shape index (κ1) is 29.5. The minimum Gasteiger partial charge on any atom is -0.497 e. The average molecular weight is 572 g/mol. The zero-order valence-corrected chi connectivity index (χ0v) is 24.8.